The summed E-state index contributed by atoms with van der Waals surface area (Å²) in [6.45, 7) is 1.71. The quantitative estimate of drug-likeness (QED) is 0.889. The van der Waals surface area contributed by atoms with Gasteiger partial charge in [-0.1, -0.05) is 30.3 Å². The first-order valence-corrected chi connectivity index (χ1v) is 7.28. The third kappa shape index (κ3) is 2.71. The van der Waals surface area contributed by atoms with Crippen LogP contribution in [0.3, 0.4) is 0 Å². The molecule has 0 saturated carbocycles. The van der Waals surface area contributed by atoms with E-state index in [-0.39, 0.29) is 11.7 Å². The van der Waals surface area contributed by atoms with Crippen LogP contribution in [0.1, 0.15) is 47.6 Å². The van der Waals surface area contributed by atoms with E-state index in [9.17, 15) is 14.6 Å². The van der Waals surface area contributed by atoms with E-state index >= 15 is 0 Å². The maximum atomic E-state index is 13.6. The number of aliphatic hydroxyl groups is 2. The van der Waals surface area contributed by atoms with E-state index in [4.69, 9.17) is 0 Å². The van der Waals surface area contributed by atoms with E-state index in [0.717, 1.165) is 16.7 Å². The molecule has 0 radical (unpaired) electrons. The van der Waals surface area contributed by atoms with Gasteiger partial charge in [0.05, 0.1) is 12.2 Å². The van der Waals surface area contributed by atoms with Crippen molar-refractivity contribution in [2.75, 3.05) is 0 Å². The zero-order chi connectivity index (χ0) is 15.0. The molecule has 0 unspecified atom stereocenters. The number of hydrogen-bond acceptors (Lipinski definition) is 2. The molecule has 2 aromatic rings. The van der Waals surface area contributed by atoms with Gasteiger partial charge in [-0.15, -0.1) is 0 Å². The number of hydrogen-bond donors (Lipinski definition) is 2. The summed E-state index contributed by atoms with van der Waals surface area (Å²) in [4.78, 5) is 0. The monoisotopic (exact) mass is 286 g/mol. The largest absolute Gasteiger partial charge is 0.393 e. The number of fused-ring (bicyclic) bond motifs is 2. The first kappa shape index (κ1) is 14.2. The topological polar surface area (TPSA) is 40.5 Å². The van der Waals surface area contributed by atoms with Crippen molar-refractivity contribution in [3.8, 4) is 0 Å². The number of rotatable bonds is 2. The lowest BCUT2D eigenvalue weighted by Crippen LogP contribution is -2.16. The standard InChI is InChI=1S/C18H19FO2/c1-11(20)8-17-15-5-3-2-4-12(15)9-13-6-7-14(19)10-16(13)18(17)21/h2-7,10-11,17-18,20-21H,8-9H2,1H3/t11-,17-,18-/m1/s1. The summed E-state index contributed by atoms with van der Waals surface area (Å²) >= 11 is 0. The lowest BCUT2D eigenvalue weighted by atomic mass is 9.85. The molecule has 21 heavy (non-hydrogen) atoms. The van der Waals surface area contributed by atoms with Crippen LogP contribution in [0, 0.1) is 5.82 Å². The first-order chi connectivity index (χ1) is 10.1. The van der Waals surface area contributed by atoms with Crippen LogP contribution < -0.4 is 0 Å². The fraction of sp³-hybridized carbons (Fsp3) is 0.333. The molecule has 2 N–H and O–H groups in total. The smallest absolute Gasteiger partial charge is 0.123 e. The number of halogens is 1. The van der Waals surface area contributed by atoms with Crippen molar-refractivity contribution in [3.63, 3.8) is 0 Å². The Morgan fingerprint density at radius 1 is 1.14 bits per heavy atom. The summed E-state index contributed by atoms with van der Waals surface area (Å²) in [5.74, 6) is -0.557. The molecule has 0 bridgehead atoms. The molecule has 2 nitrogen and oxygen atoms in total. The average molecular weight is 286 g/mol. The molecule has 110 valence electrons. The Bertz CT molecular complexity index is 651. The second-order valence-electron chi connectivity index (χ2n) is 5.85. The Labute approximate surface area is 123 Å². The predicted octanol–water partition coefficient (Wildman–Crippen LogP) is 3.32. The molecule has 3 atom stereocenters. The number of aliphatic hydroxyl groups excluding tert-OH is 2. The van der Waals surface area contributed by atoms with Crippen molar-refractivity contribution in [1.82, 2.24) is 0 Å². The summed E-state index contributed by atoms with van der Waals surface area (Å²) in [5, 5.41) is 20.5. The summed E-state index contributed by atoms with van der Waals surface area (Å²) in [6, 6.07) is 12.5. The minimum atomic E-state index is -0.797. The predicted molar refractivity (Wildman–Crippen MR) is 79.6 cm³/mol. The van der Waals surface area contributed by atoms with Gasteiger partial charge in [0.25, 0.3) is 0 Å². The highest BCUT2D eigenvalue weighted by Crippen LogP contribution is 2.41. The van der Waals surface area contributed by atoms with Crippen LogP contribution in [0.25, 0.3) is 0 Å². The molecule has 0 heterocycles. The van der Waals surface area contributed by atoms with Crippen LogP contribution in [0.15, 0.2) is 42.5 Å². The number of benzene rings is 2. The van der Waals surface area contributed by atoms with Crippen LogP contribution in [-0.4, -0.2) is 16.3 Å². The van der Waals surface area contributed by atoms with Crippen LogP contribution in [0.4, 0.5) is 4.39 Å². The minimum absolute atomic E-state index is 0.218. The summed E-state index contributed by atoms with van der Waals surface area (Å²) < 4.78 is 13.6. The Morgan fingerprint density at radius 3 is 2.62 bits per heavy atom. The first-order valence-electron chi connectivity index (χ1n) is 7.28. The lowest BCUT2D eigenvalue weighted by Gasteiger charge is -2.25. The van der Waals surface area contributed by atoms with Crippen molar-refractivity contribution in [1.29, 1.82) is 0 Å². The molecule has 0 saturated heterocycles. The maximum Gasteiger partial charge on any atom is 0.123 e. The fourth-order valence-electron chi connectivity index (χ4n) is 3.27. The zero-order valence-corrected chi connectivity index (χ0v) is 12.0. The van der Waals surface area contributed by atoms with Gasteiger partial charge >= 0.3 is 0 Å². The Kier molecular flexibility index (Phi) is 3.79. The normalized spacial score (nSPS) is 22.1. The molecule has 0 amide bonds. The molecular formula is C18H19FO2. The highest BCUT2D eigenvalue weighted by Gasteiger charge is 2.30. The van der Waals surface area contributed by atoms with E-state index in [1.807, 2.05) is 24.3 Å². The van der Waals surface area contributed by atoms with Crippen LogP contribution in [0.2, 0.25) is 0 Å². The van der Waals surface area contributed by atoms with E-state index in [1.54, 1.807) is 13.0 Å². The minimum Gasteiger partial charge on any atom is -0.393 e. The lowest BCUT2D eigenvalue weighted by molar-refractivity contribution is 0.101. The van der Waals surface area contributed by atoms with Crippen LogP contribution >= 0.6 is 0 Å². The molecule has 1 aliphatic carbocycles. The van der Waals surface area contributed by atoms with Crippen molar-refractivity contribution >= 4 is 0 Å². The molecule has 0 aromatic heterocycles. The van der Waals surface area contributed by atoms with Gasteiger partial charge in [0.1, 0.15) is 5.82 Å². The SMILES string of the molecule is C[C@@H](O)C[C@@H]1c2ccccc2Cc2ccc(F)cc2[C@H]1O. The van der Waals surface area contributed by atoms with Gasteiger partial charge in [0.2, 0.25) is 0 Å². The zero-order valence-electron chi connectivity index (χ0n) is 12.0. The second kappa shape index (κ2) is 5.58. The molecular weight excluding hydrogens is 267 g/mol. The van der Waals surface area contributed by atoms with Gasteiger partial charge < -0.3 is 10.2 Å². The highest BCUT2D eigenvalue weighted by molar-refractivity contribution is 5.44. The van der Waals surface area contributed by atoms with Crippen molar-refractivity contribution < 1.29 is 14.6 Å². The molecule has 1 aliphatic rings. The van der Waals surface area contributed by atoms with Gasteiger partial charge in [-0.2, -0.15) is 0 Å². The molecule has 0 fully saturated rings. The van der Waals surface area contributed by atoms with E-state index in [1.165, 1.54) is 12.1 Å². The van der Waals surface area contributed by atoms with Gasteiger partial charge in [0.15, 0.2) is 0 Å². The molecule has 0 aliphatic heterocycles. The third-order valence-corrected chi connectivity index (χ3v) is 4.24. The Morgan fingerprint density at radius 2 is 1.86 bits per heavy atom. The fourth-order valence-corrected chi connectivity index (χ4v) is 3.27. The highest BCUT2D eigenvalue weighted by atomic mass is 19.1. The third-order valence-electron chi connectivity index (χ3n) is 4.24. The van der Waals surface area contributed by atoms with Crippen molar-refractivity contribution in [2.24, 2.45) is 0 Å². The van der Waals surface area contributed by atoms with Crippen LogP contribution in [0.5, 0.6) is 0 Å². The summed E-state index contributed by atoms with van der Waals surface area (Å²) in [5.41, 5.74) is 3.76. The molecule has 3 heteroatoms. The van der Waals surface area contributed by atoms with Gasteiger partial charge in [-0.25, -0.2) is 4.39 Å². The van der Waals surface area contributed by atoms with Crippen molar-refractivity contribution in [2.45, 2.75) is 37.9 Å². The van der Waals surface area contributed by atoms with Gasteiger partial charge in [-0.05, 0) is 54.2 Å². The van der Waals surface area contributed by atoms with Gasteiger partial charge in [0, 0.05) is 5.92 Å². The average Bonchev–Trinajstić information content (AvgIpc) is 2.56. The molecule has 2 aromatic carbocycles. The Balaban J connectivity index is 2.15. The summed E-state index contributed by atoms with van der Waals surface area (Å²) in [6.07, 6.45) is -0.186. The Hall–Kier alpha value is -1.71. The van der Waals surface area contributed by atoms with E-state index in [0.29, 0.717) is 18.4 Å². The van der Waals surface area contributed by atoms with E-state index < -0.39 is 12.2 Å². The van der Waals surface area contributed by atoms with Crippen molar-refractivity contribution in [3.05, 3.63) is 70.5 Å². The van der Waals surface area contributed by atoms with E-state index in [2.05, 4.69) is 0 Å². The molecule has 0 spiro atoms. The second-order valence-corrected chi connectivity index (χ2v) is 5.85. The van der Waals surface area contributed by atoms with Gasteiger partial charge in [-0.3, -0.25) is 0 Å². The summed E-state index contributed by atoms with van der Waals surface area (Å²) in [7, 11) is 0. The van der Waals surface area contributed by atoms with Crippen LogP contribution in [-0.2, 0) is 6.42 Å². The molecule has 3 rings (SSSR count). The maximum absolute atomic E-state index is 13.6.